The van der Waals surface area contributed by atoms with E-state index in [1.165, 1.54) is 17.1 Å². The molecule has 0 saturated carbocycles. The van der Waals surface area contributed by atoms with Gasteiger partial charge in [-0.2, -0.15) is 5.10 Å². The minimum absolute atomic E-state index is 0.0105. The number of rotatable bonds is 4. The summed E-state index contributed by atoms with van der Waals surface area (Å²) in [5.74, 6) is 0.159. The number of hydrogen-bond acceptors (Lipinski definition) is 6. The van der Waals surface area contributed by atoms with Crippen molar-refractivity contribution in [3.8, 4) is 5.69 Å². The Balaban J connectivity index is 1.30. The van der Waals surface area contributed by atoms with Gasteiger partial charge < -0.3 is 14.7 Å². The van der Waals surface area contributed by atoms with Crippen molar-refractivity contribution in [3.05, 3.63) is 52.2 Å². The van der Waals surface area contributed by atoms with Crippen molar-refractivity contribution in [1.29, 1.82) is 0 Å². The summed E-state index contributed by atoms with van der Waals surface area (Å²) in [4.78, 5) is 32.1. The highest BCUT2D eigenvalue weighted by atomic mass is 35.5. The quantitative estimate of drug-likeness (QED) is 0.624. The van der Waals surface area contributed by atoms with Crippen molar-refractivity contribution in [2.45, 2.75) is 37.8 Å². The minimum Gasteiger partial charge on any atom is -0.388 e. The number of piperidine rings is 1. The van der Waals surface area contributed by atoms with E-state index in [2.05, 4.69) is 10.1 Å². The lowest BCUT2D eigenvalue weighted by Crippen LogP contribution is -2.51. The van der Waals surface area contributed by atoms with Gasteiger partial charge in [0.25, 0.3) is 5.56 Å². The zero-order valence-corrected chi connectivity index (χ0v) is 18.9. The average Bonchev–Trinajstić information content (AvgIpc) is 3.27. The molecule has 2 aromatic heterocycles. The Hall–Kier alpha value is -2.75. The molecule has 0 aliphatic carbocycles. The maximum absolute atomic E-state index is 13.1. The van der Waals surface area contributed by atoms with E-state index in [9.17, 15) is 14.7 Å². The molecule has 0 radical (unpaired) electrons. The zero-order valence-electron chi connectivity index (χ0n) is 18.2. The third-order valence-electron chi connectivity index (χ3n) is 6.67. The molecule has 2 aliphatic rings. The minimum atomic E-state index is -1.07. The third-order valence-corrected chi connectivity index (χ3v) is 6.92. The van der Waals surface area contributed by atoms with Crippen LogP contribution in [-0.2, 0) is 16.1 Å². The topological polar surface area (TPSA) is 102 Å². The van der Waals surface area contributed by atoms with Crippen molar-refractivity contribution in [3.63, 3.8) is 0 Å². The first-order valence-electron chi connectivity index (χ1n) is 11.2. The van der Waals surface area contributed by atoms with Crippen molar-refractivity contribution in [2.75, 3.05) is 26.3 Å². The number of amides is 1. The van der Waals surface area contributed by atoms with Gasteiger partial charge in [-0.05, 0) is 49.9 Å². The molecule has 0 atom stereocenters. The number of benzene rings is 1. The third kappa shape index (κ3) is 4.40. The Morgan fingerprint density at radius 3 is 2.58 bits per heavy atom. The van der Waals surface area contributed by atoms with Gasteiger partial charge in [0.2, 0.25) is 5.91 Å². The van der Waals surface area contributed by atoms with Gasteiger partial charge in [-0.25, -0.2) is 9.67 Å². The monoisotopic (exact) mass is 471 g/mol. The Morgan fingerprint density at radius 2 is 1.88 bits per heavy atom. The summed E-state index contributed by atoms with van der Waals surface area (Å²) in [6.45, 7) is 2.33. The molecule has 2 fully saturated rings. The zero-order chi connectivity index (χ0) is 23.0. The van der Waals surface area contributed by atoms with E-state index in [0.717, 1.165) is 18.5 Å². The summed E-state index contributed by atoms with van der Waals surface area (Å²) in [6, 6.07) is 7.11. The summed E-state index contributed by atoms with van der Waals surface area (Å²) in [7, 11) is 0. The molecule has 2 aliphatic heterocycles. The first kappa shape index (κ1) is 22.1. The standard InChI is InChI=1S/C23H26ClN5O4/c24-17-1-3-18(4-2-17)29-20-19(13-26-29)22(31)28(15-25-20)14-23(32)7-9-27(10-8-23)21(30)16-5-11-33-12-6-16/h1-4,13,15-16,32H,5-12,14H2. The van der Waals surface area contributed by atoms with E-state index in [0.29, 0.717) is 55.2 Å². The van der Waals surface area contributed by atoms with Gasteiger partial charge in [0.05, 0.1) is 24.0 Å². The van der Waals surface area contributed by atoms with Crippen molar-refractivity contribution < 1.29 is 14.6 Å². The summed E-state index contributed by atoms with van der Waals surface area (Å²) in [5, 5.41) is 16.5. The summed E-state index contributed by atoms with van der Waals surface area (Å²) >= 11 is 5.96. The molecule has 4 heterocycles. The summed E-state index contributed by atoms with van der Waals surface area (Å²) in [6.07, 6.45) is 5.28. The molecule has 0 spiro atoms. The Bertz CT molecular complexity index is 1210. The Morgan fingerprint density at radius 1 is 1.18 bits per heavy atom. The number of carbonyl (C=O) groups is 1. The van der Waals surface area contributed by atoms with Crippen LogP contribution in [0.1, 0.15) is 25.7 Å². The number of fused-ring (bicyclic) bond motifs is 1. The molecule has 10 heteroatoms. The molecule has 5 rings (SSSR count). The smallest absolute Gasteiger partial charge is 0.264 e. The van der Waals surface area contributed by atoms with Crippen LogP contribution in [0.4, 0.5) is 0 Å². The van der Waals surface area contributed by atoms with Crippen LogP contribution in [-0.4, -0.2) is 67.1 Å². The second-order valence-corrected chi connectivity index (χ2v) is 9.32. The van der Waals surface area contributed by atoms with E-state index in [-0.39, 0.29) is 23.9 Å². The van der Waals surface area contributed by atoms with Crippen LogP contribution in [0, 0.1) is 5.92 Å². The fourth-order valence-corrected chi connectivity index (χ4v) is 4.78. The largest absolute Gasteiger partial charge is 0.388 e. The number of carbonyl (C=O) groups excluding carboxylic acids is 1. The van der Waals surface area contributed by atoms with Crippen LogP contribution in [0.15, 0.2) is 41.6 Å². The second kappa shape index (κ2) is 8.89. The molecule has 0 bridgehead atoms. The van der Waals surface area contributed by atoms with Crippen molar-refractivity contribution in [1.82, 2.24) is 24.2 Å². The fraction of sp³-hybridized carbons (Fsp3) is 0.478. The highest BCUT2D eigenvalue weighted by Gasteiger charge is 2.36. The predicted octanol–water partition coefficient (Wildman–Crippen LogP) is 2.02. The molecular weight excluding hydrogens is 446 g/mol. The van der Waals surface area contributed by atoms with E-state index < -0.39 is 5.60 Å². The van der Waals surface area contributed by atoms with Crippen LogP contribution < -0.4 is 5.56 Å². The van der Waals surface area contributed by atoms with Crippen molar-refractivity contribution in [2.24, 2.45) is 5.92 Å². The Kier molecular flexibility index (Phi) is 5.94. The number of ether oxygens (including phenoxy) is 1. The first-order valence-corrected chi connectivity index (χ1v) is 11.6. The molecule has 3 aromatic rings. The maximum Gasteiger partial charge on any atom is 0.264 e. The number of likely N-dealkylation sites (tertiary alicyclic amines) is 1. The molecule has 33 heavy (non-hydrogen) atoms. The van der Waals surface area contributed by atoms with Gasteiger partial charge in [-0.1, -0.05) is 11.6 Å². The van der Waals surface area contributed by atoms with E-state index in [1.807, 2.05) is 4.90 Å². The van der Waals surface area contributed by atoms with Crippen LogP contribution in [0.5, 0.6) is 0 Å². The number of nitrogens with zero attached hydrogens (tertiary/aromatic N) is 5. The second-order valence-electron chi connectivity index (χ2n) is 8.88. The lowest BCUT2D eigenvalue weighted by molar-refractivity contribution is -0.143. The first-order chi connectivity index (χ1) is 15.9. The molecule has 0 unspecified atom stereocenters. The van der Waals surface area contributed by atoms with E-state index in [4.69, 9.17) is 16.3 Å². The van der Waals surface area contributed by atoms with Crippen LogP contribution in [0.2, 0.25) is 5.02 Å². The molecular formula is C23H26ClN5O4. The molecule has 1 N–H and O–H groups in total. The Labute approximate surface area is 195 Å². The average molecular weight is 472 g/mol. The SMILES string of the molecule is O=C(C1CCOCC1)N1CCC(O)(Cn2cnc3c(cnn3-c3ccc(Cl)cc3)c2=O)CC1. The molecule has 1 aromatic carbocycles. The molecule has 2 saturated heterocycles. The van der Waals surface area contributed by atoms with Crippen molar-refractivity contribution >= 4 is 28.5 Å². The molecule has 1 amide bonds. The summed E-state index contributed by atoms with van der Waals surface area (Å²) < 4.78 is 8.38. The van der Waals surface area contributed by atoms with Crippen LogP contribution in [0.25, 0.3) is 16.7 Å². The summed E-state index contributed by atoms with van der Waals surface area (Å²) in [5.41, 5.74) is -0.131. The van der Waals surface area contributed by atoms with Gasteiger partial charge in [0.1, 0.15) is 11.7 Å². The molecule has 174 valence electrons. The van der Waals surface area contributed by atoms with E-state index in [1.54, 1.807) is 28.9 Å². The van der Waals surface area contributed by atoms with Gasteiger partial charge in [0.15, 0.2) is 5.65 Å². The van der Waals surface area contributed by atoms with Crippen LogP contribution >= 0.6 is 11.6 Å². The van der Waals surface area contributed by atoms with Crippen LogP contribution in [0.3, 0.4) is 0 Å². The lowest BCUT2D eigenvalue weighted by Gasteiger charge is -2.40. The number of aromatic nitrogens is 4. The van der Waals surface area contributed by atoms with Gasteiger partial charge in [0, 0.05) is 37.2 Å². The highest BCUT2D eigenvalue weighted by Crippen LogP contribution is 2.27. The van der Waals surface area contributed by atoms with Gasteiger partial charge in [-0.15, -0.1) is 0 Å². The number of hydrogen-bond donors (Lipinski definition) is 1. The highest BCUT2D eigenvalue weighted by molar-refractivity contribution is 6.30. The van der Waals surface area contributed by atoms with E-state index >= 15 is 0 Å². The lowest BCUT2D eigenvalue weighted by atomic mass is 9.89. The predicted molar refractivity (Wildman–Crippen MR) is 122 cm³/mol. The number of aliphatic hydroxyl groups is 1. The maximum atomic E-state index is 13.1. The normalized spacial score (nSPS) is 19.2. The number of halogens is 1. The molecule has 9 nitrogen and oxygen atoms in total. The fourth-order valence-electron chi connectivity index (χ4n) is 4.65. The van der Waals surface area contributed by atoms with Gasteiger partial charge >= 0.3 is 0 Å². The van der Waals surface area contributed by atoms with Gasteiger partial charge in [-0.3, -0.25) is 14.2 Å².